The number of nitrogens with two attached hydrogens (primary N) is 1. The molecule has 0 aromatic rings. The topological polar surface area (TPSA) is 62.4 Å². The van der Waals surface area contributed by atoms with E-state index in [1.807, 2.05) is 0 Å². The third-order valence-electron chi connectivity index (χ3n) is 2.34. The van der Waals surface area contributed by atoms with Crippen molar-refractivity contribution in [2.24, 2.45) is 16.8 Å². The maximum absolute atomic E-state index is 5.33. The Hall–Kier alpha value is -0.770. The van der Waals surface area contributed by atoms with E-state index in [1.165, 1.54) is 12.8 Å². The van der Waals surface area contributed by atoms with Gasteiger partial charge in [-0.1, -0.05) is 13.8 Å². The quantitative estimate of drug-likeness (QED) is 0.260. The molecule has 0 spiro atoms. The van der Waals surface area contributed by atoms with Crippen LogP contribution in [-0.2, 0) is 0 Å². The summed E-state index contributed by atoms with van der Waals surface area (Å²) >= 11 is 0. The van der Waals surface area contributed by atoms with Crippen LogP contribution in [0, 0.1) is 5.92 Å². The van der Waals surface area contributed by atoms with Gasteiger partial charge in [0.05, 0.1) is 0 Å². The summed E-state index contributed by atoms with van der Waals surface area (Å²) in [7, 11) is 0. The van der Waals surface area contributed by atoms with Gasteiger partial charge in [0.1, 0.15) is 0 Å². The molecule has 0 heterocycles. The average Bonchev–Trinajstić information content (AvgIpc) is 2.08. The number of hydrogen-bond acceptors (Lipinski definition) is 2. The first-order valence-corrected chi connectivity index (χ1v) is 5.03. The molecule has 0 atom stereocenters. The molecule has 0 aliphatic heterocycles. The van der Waals surface area contributed by atoms with E-state index >= 15 is 0 Å². The summed E-state index contributed by atoms with van der Waals surface area (Å²) in [6.45, 7) is 5.19. The number of nitrogens with zero attached hydrogens (tertiary/aromatic N) is 1. The minimum absolute atomic E-state index is 0.571. The van der Waals surface area contributed by atoms with Gasteiger partial charge >= 0.3 is 0 Å². The fourth-order valence-corrected chi connectivity index (χ4v) is 1.57. The van der Waals surface area contributed by atoms with Crippen molar-refractivity contribution in [1.82, 2.24) is 10.7 Å². The predicted octanol–water partition coefficient (Wildman–Crippen LogP) is 0.604. The van der Waals surface area contributed by atoms with Crippen molar-refractivity contribution >= 4 is 5.96 Å². The summed E-state index contributed by atoms with van der Waals surface area (Å²) in [6.07, 6.45) is 3.51. The fourth-order valence-electron chi connectivity index (χ4n) is 1.57. The molecule has 0 radical (unpaired) electrons. The third kappa shape index (κ3) is 3.22. The van der Waals surface area contributed by atoms with Crippen LogP contribution in [0.5, 0.6) is 0 Å². The monoisotopic (exact) mass is 184 g/mol. The van der Waals surface area contributed by atoms with Gasteiger partial charge in [0.2, 0.25) is 5.96 Å². The van der Waals surface area contributed by atoms with E-state index in [0.717, 1.165) is 24.8 Å². The lowest BCUT2D eigenvalue weighted by atomic mass is 9.82. The number of nitrogens with one attached hydrogen (secondary N) is 2. The zero-order valence-corrected chi connectivity index (χ0v) is 8.51. The minimum Gasteiger partial charge on any atom is -0.353 e. The van der Waals surface area contributed by atoms with E-state index in [-0.39, 0.29) is 0 Å². The fraction of sp³-hybridized carbons (Fsp3) is 0.889. The summed E-state index contributed by atoms with van der Waals surface area (Å²) in [5.74, 6) is 6.92. The van der Waals surface area contributed by atoms with E-state index in [0.29, 0.717) is 6.04 Å². The van der Waals surface area contributed by atoms with E-state index in [4.69, 9.17) is 5.84 Å². The summed E-state index contributed by atoms with van der Waals surface area (Å²) in [5, 5.41) is 3.28. The number of aliphatic imine (C=N–C) groups is 1. The lowest BCUT2D eigenvalue weighted by Crippen LogP contribution is -2.50. The first kappa shape index (κ1) is 10.3. The Balaban J connectivity index is 2.23. The molecule has 0 aromatic carbocycles. The highest BCUT2D eigenvalue weighted by molar-refractivity contribution is 5.79. The van der Waals surface area contributed by atoms with Crippen LogP contribution in [0.2, 0.25) is 0 Å². The van der Waals surface area contributed by atoms with E-state index in [9.17, 15) is 0 Å². The second kappa shape index (κ2) is 5.07. The van der Waals surface area contributed by atoms with Crippen molar-refractivity contribution in [3.05, 3.63) is 0 Å². The van der Waals surface area contributed by atoms with Crippen LogP contribution in [0.4, 0.5) is 0 Å². The molecule has 0 aromatic heterocycles. The number of hydrazine groups is 1. The standard InChI is InChI=1S/C9H20N4/c1-3-4-11-9(13-10)12-8-5-7(2)6-8/h7-8H,3-6,10H2,1-2H3,(H2,11,12,13). The van der Waals surface area contributed by atoms with Crippen molar-refractivity contribution < 1.29 is 0 Å². The Bertz CT molecular complexity index is 172. The van der Waals surface area contributed by atoms with Crippen LogP contribution < -0.4 is 16.6 Å². The molecule has 76 valence electrons. The molecule has 1 saturated carbocycles. The van der Waals surface area contributed by atoms with Crippen molar-refractivity contribution in [2.75, 3.05) is 6.54 Å². The Labute approximate surface area is 80.0 Å². The molecule has 4 nitrogen and oxygen atoms in total. The molecule has 0 saturated heterocycles. The first-order valence-electron chi connectivity index (χ1n) is 5.03. The molecule has 1 rings (SSSR count). The molecule has 1 fully saturated rings. The largest absolute Gasteiger partial charge is 0.353 e. The number of guanidine groups is 1. The van der Waals surface area contributed by atoms with Crippen LogP contribution in [0.1, 0.15) is 33.1 Å². The lowest BCUT2D eigenvalue weighted by Gasteiger charge is -2.34. The van der Waals surface area contributed by atoms with Crippen LogP contribution in [0.25, 0.3) is 0 Å². The molecule has 1 aliphatic rings. The third-order valence-corrected chi connectivity index (χ3v) is 2.34. The van der Waals surface area contributed by atoms with Crippen molar-refractivity contribution in [2.45, 2.75) is 39.2 Å². The highest BCUT2D eigenvalue weighted by atomic mass is 15.3. The smallest absolute Gasteiger partial charge is 0.205 e. The van der Waals surface area contributed by atoms with Gasteiger partial charge < -0.3 is 5.32 Å². The van der Waals surface area contributed by atoms with Crippen LogP contribution in [-0.4, -0.2) is 18.5 Å². The highest BCUT2D eigenvalue weighted by Crippen LogP contribution is 2.25. The zero-order valence-electron chi connectivity index (χ0n) is 8.51. The zero-order chi connectivity index (χ0) is 9.68. The first-order chi connectivity index (χ1) is 6.26. The summed E-state index contributed by atoms with van der Waals surface area (Å²) in [4.78, 5) is 4.28. The molecule has 0 amide bonds. The highest BCUT2D eigenvalue weighted by Gasteiger charge is 2.25. The van der Waals surface area contributed by atoms with Crippen LogP contribution >= 0.6 is 0 Å². The van der Waals surface area contributed by atoms with Crippen LogP contribution in [0.15, 0.2) is 4.99 Å². The Morgan fingerprint density at radius 1 is 1.54 bits per heavy atom. The van der Waals surface area contributed by atoms with Crippen molar-refractivity contribution in [1.29, 1.82) is 0 Å². The van der Waals surface area contributed by atoms with Gasteiger partial charge in [-0.3, -0.25) is 10.4 Å². The molecule has 4 N–H and O–H groups in total. The molecule has 1 aliphatic carbocycles. The van der Waals surface area contributed by atoms with E-state index in [1.54, 1.807) is 0 Å². The van der Waals surface area contributed by atoms with E-state index < -0.39 is 0 Å². The summed E-state index contributed by atoms with van der Waals surface area (Å²) in [5.41, 5.74) is 2.59. The predicted molar refractivity (Wildman–Crippen MR) is 55.2 cm³/mol. The van der Waals surface area contributed by atoms with Gasteiger partial charge in [-0.25, -0.2) is 5.84 Å². The molecular formula is C9H20N4. The second-order valence-electron chi connectivity index (χ2n) is 3.79. The van der Waals surface area contributed by atoms with Crippen LogP contribution in [0.3, 0.4) is 0 Å². The lowest BCUT2D eigenvalue weighted by molar-refractivity contribution is 0.266. The molecule has 0 unspecified atom stereocenters. The minimum atomic E-state index is 0.571. The van der Waals surface area contributed by atoms with Gasteiger partial charge in [-0.05, 0) is 25.2 Å². The Kier molecular flexibility index (Phi) is 4.02. The summed E-state index contributed by atoms with van der Waals surface area (Å²) in [6, 6.07) is 0.571. The van der Waals surface area contributed by atoms with Gasteiger partial charge in [-0.15, -0.1) is 0 Å². The SMILES string of the molecule is CCCN=C(NN)NC1CC(C)C1. The van der Waals surface area contributed by atoms with Crippen molar-refractivity contribution in [3.8, 4) is 0 Å². The normalized spacial score (nSPS) is 28.1. The van der Waals surface area contributed by atoms with Gasteiger partial charge in [0.25, 0.3) is 0 Å². The van der Waals surface area contributed by atoms with Crippen molar-refractivity contribution in [3.63, 3.8) is 0 Å². The molecule has 13 heavy (non-hydrogen) atoms. The van der Waals surface area contributed by atoms with Gasteiger partial charge in [-0.2, -0.15) is 0 Å². The maximum atomic E-state index is 5.33. The Morgan fingerprint density at radius 2 is 2.23 bits per heavy atom. The maximum Gasteiger partial charge on any atom is 0.205 e. The Morgan fingerprint density at radius 3 is 2.69 bits per heavy atom. The number of rotatable bonds is 3. The average molecular weight is 184 g/mol. The summed E-state index contributed by atoms with van der Waals surface area (Å²) < 4.78 is 0. The van der Waals surface area contributed by atoms with Gasteiger partial charge in [0, 0.05) is 12.6 Å². The molecular weight excluding hydrogens is 164 g/mol. The van der Waals surface area contributed by atoms with E-state index in [2.05, 4.69) is 29.6 Å². The molecule has 0 bridgehead atoms. The molecule has 4 heteroatoms. The second-order valence-corrected chi connectivity index (χ2v) is 3.79. The van der Waals surface area contributed by atoms with Gasteiger partial charge in [0.15, 0.2) is 0 Å². The number of hydrogen-bond donors (Lipinski definition) is 3.